The molecule has 0 radical (unpaired) electrons. The molecular formula is C16H24N2O2. The van der Waals surface area contributed by atoms with Gasteiger partial charge in [0.15, 0.2) is 0 Å². The number of hydrogen-bond donors (Lipinski definition) is 1. The van der Waals surface area contributed by atoms with Gasteiger partial charge in [-0.2, -0.15) is 0 Å². The smallest absolute Gasteiger partial charge is 0.222 e. The maximum absolute atomic E-state index is 12.1. The highest BCUT2D eigenvalue weighted by Gasteiger charge is 2.20. The third-order valence-electron chi connectivity index (χ3n) is 3.71. The second-order valence-electron chi connectivity index (χ2n) is 5.39. The van der Waals surface area contributed by atoms with Crippen molar-refractivity contribution in [1.82, 2.24) is 10.2 Å². The first-order chi connectivity index (χ1) is 9.69. The van der Waals surface area contributed by atoms with Crippen molar-refractivity contribution in [3.63, 3.8) is 0 Å². The minimum Gasteiger partial charge on any atom is -0.494 e. The quantitative estimate of drug-likeness (QED) is 0.864. The second kappa shape index (κ2) is 7.29. The minimum atomic E-state index is 0.229. The average Bonchev–Trinajstić information content (AvgIpc) is 2.94. The number of benzene rings is 1. The summed E-state index contributed by atoms with van der Waals surface area (Å²) in [6.45, 7) is 5.32. The molecule has 0 bridgehead atoms. The van der Waals surface area contributed by atoms with E-state index in [-0.39, 0.29) is 5.91 Å². The molecule has 0 saturated carbocycles. The lowest BCUT2D eigenvalue weighted by Gasteiger charge is -2.19. The molecule has 1 unspecified atom stereocenters. The molecule has 1 amide bonds. The van der Waals surface area contributed by atoms with Crippen molar-refractivity contribution in [3.05, 3.63) is 29.8 Å². The van der Waals surface area contributed by atoms with Gasteiger partial charge in [0.1, 0.15) is 5.75 Å². The van der Waals surface area contributed by atoms with E-state index in [2.05, 4.69) is 5.32 Å². The summed E-state index contributed by atoms with van der Waals surface area (Å²) in [4.78, 5) is 14.0. The maximum Gasteiger partial charge on any atom is 0.222 e. The number of nitrogens with zero attached hydrogens (tertiary/aromatic N) is 1. The number of ether oxygens (including phenoxy) is 1. The lowest BCUT2D eigenvalue weighted by molar-refractivity contribution is -0.131. The molecule has 0 aliphatic carbocycles. The van der Waals surface area contributed by atoms with E-state index in [4.69, 9.17) is 4.74 Å². The van der Waals surface area contributed by atoms with E-state index in [0.717, 1.165) is 30.8 Å². The van der Waals surface area contributed by atoms with Crippen LogP contribution in [0.4, 0.5) is 0 Å². The molecule has 1 aromatic rings. The normalized spacial score (nSPS) is 18.0. The number of carbonyl (C=O) groups is 1. The van der Waals surface area contributed by atoms with Crippen LogP contribution in [0.1, 0.15) is 25.3 Å². The summed E-state index contributed by atoms with van der Waals surface area (Å²) in [5.41, 5.74) is 1.13. The zero-order valence-corrected chi connectivity index (χ0v) is 12.4. The van der Waals surface area contributed by atoms with Crippen LogP contribution < -0.4 is 10.1 Å². The third kappa shape index (κ3) is 4.23. The van der Waals surface area contributed by atoms with Crippen molar-refractivity contribution >= 4 is 5.91 Å². The second-order valence-corrected chi connectivity index (χ2v) is 5.39. The van der Waals surface area contributed by atoms with Crippen LogP contribution in [0, 0.1) is 5.92 Å². The van der Waals surface area contributed by atoms with Crippen molar-refractivity contribution in [1.29, 1.82) is 0 Å². The lowest BCUT2D eigenvalue weighted by Crippen LogP contribution is -2.28. The number of rotatable bonds is 6. The van der Waals surface area contributed by atoms with Crippen LogP contribution in [0.15, 0.2) is 24.3 Å². The number of carbonyl (C=O) groups excluding carboxylic acids is 1. The van der Waals surface area contributed by atoms with E-state index in [9.17, 15) is 4.79 Å². The Morgan fingerprint density at radius 2 is 2.15 bits per heavy atom. The van der Waals surface area contributed by atoms with E-state index in [0.29, 0.717) is 25.5 Å². The van der Waals surface area contributed by atoms with Crippen LogP contribution in [0.25, 0.3) is 0 Å². The average molecular weight is 276 g/mol. The fourth-order valence-electron chi connectivity index (χ4n) is 2.51. The number of nitrogens with one attached hydrogen (secondary N) is 1. The summed E-state index contributed by atoms with van der Waals surface area (Å²) in [6.07, 6.45) is 1.77. The van der Waals surface area contributed by atoms with Crippen LogP contribution in [0.3, 0.4) is 0 Å². The molecule has 110 valence electrons. The van der Waals surface area contributed by atoms with Gasteiger partial charge in [-0.05, 0) is 50.0 Å². The SMILES string of the molecule is CCOc1ccc(CN(C)C(=O)CC2CCNC2)cc1. The van der Waals surface area contributed by atoms with Gasteiger partial charge in [-0.1, -0.05) is 12.1 Å². The Morgan fingerprint density at radius 3 is 2.75 bits per heavy atom. The van der Waals surface area contributed by atoms with E-state index in [1.165, 1.54) is 0 Å². The zero-order valence-electron chi connectivity index (χ0n) is 12.4. The van der Waals surface area contributed by atoms with Crippen molar-refractivity contribution < 1.29 is 9.53 Å². The largest absolute Gasteiger partial charge is 0.494 e. The Bertz CT molecular complexity index is 425. The Morgan fingerprint density at radius 1 is 1.40 bits per heavy atom. The molecule has 1 fully saturated rings. The van der Waals surface area contributed by atoms with Crippen molar-refractivity contribution in [2.75, 3.05) is 26.7 Å². The molecule has 20 heavy (non-hydrogen) atoms. The molecule has 2 rings (SSSR count). The van der Waals surface area contributed by atoms with Gasteiger partial charge in [-0.15, -0.1) is 0 Å². The van der Waals surface area contributed by atoms with Gasteiger partial charge in [-0.25, -0.2) is 0 Å². The molecule has 1 aliphatic rings. The highest BCUT2D eigenvalue weighted by Crippen LogP contribution is 2.16. The number of hydrogen-bond acceptors (Lipinski definition) is 3. The van der Waals surface area contributed by atoms with Crippen molar-refractivity contribution in [2.24, 2.45) is 5.92 Å². The van der Waals surface area contributed by atoms with Gasteiger partial charge in [0.05, 0.1) is 6.61 Å². The molecule has 1 aromatic carbocycles. The van der Waals surface area contributed by atoms with Crippen molar-refractivity contribution in [3.8, 4) is 5.75 Å². The molecule has 4 heteroatoms. The summed E-state index contributed by atoms with van der Waals surface area (Å²) in [5, 5.41) is 3.30. The summed E-state index contributed by atoms with van der Waals surface area (Å²) in [5.74, 6) is 1.61. The molecule has 0 aromatic heterocycles. The first-order valence-corrected chi connectivity index (χ1v) is 7.35. The molecule has 1 saturated heterocycles. The summed E-state index contributed by atoms with van der Waals surface area (Å²) in [7, 11) is 1.88. The van der Waals surface area contributed by atoms with E-state index in [1.54, 1.807) is 0 Å². The third-order valence-corrected chi connectivity index (χ3v) is 3.71. The van der Waals surface area contributed by atoms with E-state index in [1.807, 2.05) is 43.1 Å². The van der Waals surface area contributed by atoms with Gasteiger partial charge >= 0.3 is 0 Å². The van der Waals surface area contributed by atoms with Crippen LogP contribution >= 0.6 is 0 Å². The van der Waals surface area contributed by atoms with Crippen LogP contribution in [0.2, 0.25) is 0 Å². The predicted octanol–water partition coefficient (Wildman–Crippen LogP) is 2.04. The molecule has 0 spiro atoms. The van der Waals surface area contributed by atoms with E-state index >= 15 is 0 Å². The van der Waals surface area contributed by atoms with Crippen LogP contribution in [-0.4, -0.2) is 37.6 Å². The van der Waals surface area contributed by atoms with E-state index < -0.39 is 0 Å². The van der Waals surface area contributed by atoms with Gasteiger partial charge < -0.3 is 15.0 Å². The molecule has 1 N–H and O–H groups in total. The number of amides is 1. The molecule has 1 aliphatic heterocycles. The topological polar surface area (TPSA) is 41.6 Å². The van der Waals surface area contributed by atoms with Crippen LogP contribution in [-0.2, 0) is 11.3 Å². The first kappa shape index (κ1) is 14.9. The standard InChI is InChI=1S/C16H24N2O2/c1-3-20-15-6-4-13(5-7-15)12-18(2)16(19)10-14-8-9-17-11-14/h4-7,14,17H,3,8-12H2,1-2H3. The monoisotopic (exact) mass is 276 g/mol. The summed E-state index contributed by atoms with van der Waals surface area (Å²) in [6, 6.07) is 7.95. The fourth-order valence-corrected chi connectivity index (χ4v) is 2.51. The van der Waals surface area contributed by atoms with Crippen LogP contribution in [0.5, 0.6) is 5.75 Å². The fraction of sp³-hybridized carbons (Fsp3) is 0.562. The predicted molar refractivity (Wildman–Crippen MR) is 79.7 cm³/mol. The molecular weight excluding hydrogens is 252 g/mol. The zero-order chi connectivity index (χ0) is 14.4. The Kier molecular flexibility index (Phi) is 5.41. The highest BCUT2D eigenvalue weighted by molar-refractivity contribution is 5.76. The molecule has 1 heterocycles. The lowest BCUT2D eigenvalue weighted by atomic mass is 10.0. The first-order valence-electron chi connectivity index (χ1n) is 7.35. The highest BCUT2D eigenvalue weighted by atomic mass is 16.5. The maximum atomic E-state index is 12.1. The van der Waals surface area contributed by atoms with Gasteiger partial charge in [0, 0.05) is 20.0 Å². The Balaban J connectivity index is 1.83. The Hall–Kier alpha value is -1.55. The van der Waals surface area contributed by atoms with Gasteiger partial charge in [0.25, 0.3) is 0 Å². The molecule has 1 atom stereocenters. The minimum absolute atomic E-state index is 0.229. The van der Waals surface area contributed by atoms with Gasteiger partial charge in [-0.3, -0.25) is 4.79 Å². The Labute approximate surface area is 121 Å². The van der Waals surface area contributed by atoms with Crippen molar-refractivity contribution in [2.45, 2.75) is 26.3 Å². The summed E-state index contributed by atoms with van der Waals surface area (Å²) < 4.78 is 5.41. The molecule has 4 nitrogen and oxygen atoms in total. The summed E-state index contributed by atoms with van der Waals surface area (Å²) >= 11 is 0. The van der Waals surface area contributed by atoms with Gasteiger partial charge in [0.2, 0.25) is 5.91 Å².